The van der Waals surface area contributed by atoms with Gasteiger partial charge in [-0.1, -0.05) is 5.21 Å². The molecule has 0 aliphatic heterocycles. The van der Waals surface area contributed by atoms with Crippen LogP contribution in [0.1, 0.15) is 11.3 Å². The van der Waals surface area contributed by atoms with Crippen molar-refractivity contribution in [2.45, 2.75) is 19.9 Å². The molecule has 0 aliphatic rings. The fourth-order valence-electron chi connectivity index (χ4n) is 2.32. The first-order valence-corrected chi connectivity index (χ1v) is 6.26. The van der Waals surface area contributed by atoms with E-state index in [0.29, 0.717) is 0 Å². The van der Waals surface area contributed by atoms with Crippen LogP contribution in [0.3, 0.4) is 0 Å². The summed E-state index contributed by atoms with van der Waals surface area (Å²) >= 11 is 0. The zero-order chi connectivity index (χ0) is 13.2. The van der Waals surface area contributed by atoms with Crippen LogP contribution in [-0.4, -0.2) is 27.1 Å². The predicted molar refractivity (Wildman–Crippen MR) is 73.3 cm³/mol. The van der Waals surface area contributed by atoms with E-state index in [9.17, 15) is 0 Å². The number of aryl methyl sites for hydroxylation is 3. The summed E-state index contributed by atoms with van der Waals surface area (Å²) in [6.07, 6.45) is 4.42. The number of nitrogens with one attached hydrogen (secondary N) is 1. The standard InChI is InChI=1S/C14H16N4O/c1-10-7-12-9-14(19-2)11(8-13(12)16-10)3-5-18-6-4-15-17-18/h4,6-9,16H,3,5H2,1-2H3. The average Bonchev–Trinajstić information content (AvgIpc) is 3.02. The number of fused-ring (bicyclic) bond motifs is 1. The molecule has 0 saturated carbocycles. The molecule has 1 N–H and O–H groups in total. The van der Waals surface area contributed by atoms with Crippen molar-refractivity contribution in [3.63, 3.8) is 0 Å². The lowest BCUT2D eigenvalue weighted by Gasteiger charge is -2.08. The molecule has 5 nitrogen and oxygen atoms in total. The molecule has 2 aromatic heterocycles. The van der Waals surface area contributed by atoms with Crippen LogP contribution < -0.4 is 4.74 Å². The van der Waals surface area contributed by atoms with Gasteiger partial charge in [-0.05, 0) is 37.1 Å². The number of aromatic nitrogens is 4. The van der Waals surface area contributed by atoms with Gasteiger partial charge in [-0.15, -0.1) is 5.10 Å². The normalized spacial score (nSPS) is 11.1. The Morgan fingerprint density at radius 3 is 2.95 bits per heavy atom. The van der Waals surface area contributed by atoms with Gasteiger partial charge in [0.2, 0.25) is 0 Å². The van der Waals surface area contributed by atoms with E-state index in [4.69, 9.17) is 4.74 Å². The highest BCUT2D eigenvalue weighted by Gasteiger charge is 2.07. The van der Waals surface area contributed by atoms with E-state index >= 15 is 0 Å². The lowest BCUT2D eigenvalue weighted by molar-refractivity contribution is 0.408. The quantitative estimate of drug-likeness (QED) is 0.779. The van der Waals surface area contributed by atoms with E-state index in [2.05, 4.69) is 40.4 Å². The minimum absolute atomic E-state index is 0.793. The van der Waals surface area contributed by atoms with Crippen molar-refractivity contribution in [1.29, 1.82) is 0 Å². The molecule has 0 atom stereocenters. The van der Waals surface area contributed by atoms with Gasteiger partial charge in [0.05, 0.1) is 13.3 Å². The minimum atomic E-state index is 0.793. The summed E-state index contributed by atoms with van der Waals surface area (Å²) in [6, 6.07) is 6.35. The van der Waals surface area contributed by atoms with Gasteiger partial charge in [0, 0.05) is 29.3 Å². The minimum Gasteiger partial charge on any atom is -0.496 e. The first kappa shape index (κ1) is 11.8. The third kappa shape index (κ3) is 2.31. The second-order valence-electron chi connectivity index (χ2n) is 4.62. The molecule has 3 aromatic rings. The molecule has 1 aromatic carbocycles. The Balaban J connectivity index is 1.92. The summed E-state index contributed by atoms with van der Waals surface area (Å²) in [7, 11) is 1.71. The predicted octanol–water partition coefficient (Wildman–Crippen LogP) is 2.32. The van der Waals surface area contributed by atoms with Crippen LogP contribution in [0, 0.1) is 6.92 Å². The lowest BCUT2D eigenvalue weighted by atomic mass is 10.1. The van der Waals surface area contributed by atoms with Crippen molar-refractivity contribution >= 4 is 10.9 Å². The van der Waals surface area contributed by atoms with Crippen LogP contribution >= 0.6 is 0 Å². The molecular weight excluding hydrogens is 240 g/mol. The number of hydrogen-bond acceptors (Lipinski definition) is 3. The van der Waals surface area contributed by atoms with E-state index in [1.807, 2.05) is 10.9 Å². The highest BCUT2D eigenvalue weighted by atomic mass is 16.5. The maximum atomic E-state index is 5.47. The van der Waals surface area contributed by atoms with Gasteiger partial charge < -0.3 is 9.72 Å². The van der Waals surface area contributed by atoms with Crippen molar-refractivity contribution in [3.05, 3.63) is 41.9 Å². The molecule has 3 rings (SSSR count). The number of hydrogen-bond donors (Lipinski definition) is 1. The maximum Gasteiger partial charge on any atom is 0.122 e. The van der Waals surface area contributed by atoms with Crippen LogP contribution in [0.5, 0.6) is 5.75 Å². The largest absolute Gasteiger partial charge is 0.496 e. The second kappa shape index (κ2) is 4.76. The van der Waals surface area contributed by atoms with Crippen LogP contribution in [0.4, 0.5) is 0 Å². The number of H-pyrrole nitrogens is 1. The van der Waals surface area contributed by atoms with Gasteiger partial charge >= 0.3 is 0 Å². The number of ether oxygens (including phenoxy) is 1. The van der Waals surface area contributed by atoms with Crippen LogP contribution in [0.25, 0.3) is 10.9 Å². The van der Waals surface area contributed by atoms with Crippen molar-refractivity contribution in [2.75, 3.05) is 7.11 Å². The van der Waals surface area contributed by atoms with Gasteiger partial charge in [0.1, 0.15) is 5.75 Å². The third-order valence-electron chi connectivity index (χ3n) is 3.24. The van der Waals surface area contributed by atoms with Gasteiger partial charge in [-0.2, -0.15) is 0 Å². The van der Waals surface area contributed by atoms with E-state index < -0.39 is 0 Å². The Hall–Kier alpha value is -2.30. The number of benzene rings is 1. The molecule has 19 heavy (non-hydrogen) atoms. The number of nitrogens with zero attached hydrogens (tertiary/aromatic N) is 3. The molecule has 0 radical (unpaired) electrons. The first-order valence-electron chi connectivity index (χ1n) is 6.26. The second-order valence-corrected chi connectivity index (χ2v) is 4.62. The van der Waals surface area contributed by atoms with Crippen LogP contribution in [0.15, 0.2) is 30.6 Å². The third-order valence-corrected chi connectivity index (χ3v) is 3.24. The molecule has 0 aliphatic carbocycles. The average molecular weight is 256 g/mol. The Morgan fingerprint density at radius 2 is 2.21 bits per heavy atom. The van der Waals surface area contributed by atoms with Gasteiger partial charge in [-0.3, -0.25) is 4.68 Å². The summed E-state index contributed by atoms with van der Waals surface area (Å²) in [5.41, 5.74) is 3.48. The zero-order valence-electron chi connectivity index (χ0n) is 11.1. The van der Waals surface area contributed by atoms with Crippen molar-refractivity contribution in [3.8, 4) is 5.75 Å². The molecule has 98 valence electrons. The number of methoxy groups -OCH3 is 1. The summed E-state index contributed by atoms with van der Waals surface area (Å²) in [4.78, 5) is 3.35. The summed E-state index contributed by atoms with van der Waals surface area (Å²) in [5, 5.41) is 8.96. The van der Waals surface area contributed by atoms with Crippen LogP contribution in [0.2, 0.25) is 0 Å². The molecule has 0 bridgehead atoms. The van der Waals surface area contributed by atoms with E-state index in [0.717, 1.165) is 29.9 Å². The van der Waals surface area contributed by atoms with Crippen molar-refractivity contribution < 1.29 is 4.74 Å². The van der Waals surface area contributed by atoms with Gasteiger partial charge in [-0.25, -0.2) is 0 Å². The highest BCUT2D eigenvalue weighted by molar-refractivity contribution is 5.83. The molecule has 0 amide bonds. The topological polar surface area (TPSA) is 55.7 Å². The highest BCUT2D eigenvalue weighted by Crippen LogP contribution is 2.27. The van der Waals surface area contributed by atoms with Crippen LogP contribution in [-0.2, 0) is 13.0 Å². The molecule has 0 saturated heterocycles. The Labute approximate surface area is 111 Å². The number of rotatable bonds is 4. The first-order chi connectivity index (χ1) is 9.26. The number of aromatic amines is 1. The SMILES string of the molecule is COc1cc2cc(C)[nH]c2cc1CCn1ccnn1. The van der Waals surface area contributed by atoms with Gasteiger partial charge in [0.15, 0.2) is 0 Å². The fraction of sp³-hybridized carbons (Fsp3) is 0.286. The molecule has 2 heterocycles. The zero-order valence-corrected chi connectivity index (χ0v) is 11.1. The maximum absolute atomic E-state index is 5.47. The Bertz CT molecular complexity index is 685. The fourth-order valence-corrected chi connectivity index (χ4v) is 2.32. The van der Waals surface area contributed by atoms with E-state index in [1.54, 1.807) is 13.3 Å². The van der Waals surface area contributed by atoms with Crippen molar-refractivity contribution in [1.82, 2.24) is 20.0 Å². The smallest absolute Gasteiger partial charge is 0.122 e. The molecule has 0 fully saturated rings. The lowest BCUT2D eigenvalue weighted by Crippen LogP contribution is -2.03. The molecule has 5 heteroatoms. The Kier molecular flexibility index (Phi) is 2.95. The van der Waals surface area contributed by atoms with E-state index in [1.165, 1.54) is 10.9 Å². The molecule has 0 unspecified atom stereocenters. The van der Waals surface area contributed by atoms with Crippen molar-refractivity contribution in [2.24, 2.45) is 0 Å². The molecular formula is C14H16N4O. The summed E-state index contributed by atoms with van der Waals surface area (Å²) in [6.45, 7) is 2.85. The molecule has 0 spiro atoms. The summed E-state index contributed by atoms with van der Waals surface area (Å²) < 4.78 is 7.30. The monoisotopic (exact) mass is 256 g/mol. The Morgan fingerprint density at radius 1 is 1.32 bits per heavy atom. The summed E-state index contributed by atoms with van der Waals surface area (Å²) in [5.74, 6) is 0.923. The van der Waals surface area contributed by atoms with Gasteiger partial charge in [0.25, 0.3) is 0 Å². The van der Waals surface area contributed by atoms with E-state index in [-0.39, 0.29) is 0 Å².